The predicted octanol–water partition coefficient (Wildman–Crippen LogP) is 3.69. The summed E-state index contributed by atoms with van der Waals surface area (Å²) < 4.78 is 13.2. The minimum absolute atomic E-state index is 0.00477. The molecule has 0 saturated heterocycles. The van der Waals surface area contributed by atoms with Crippen LogP contribution < -0.4 is 5.32 Å². The number of benzene rings is 1. The first-order chi connectivity index (χ1) is 7.87. The fourth-order valence-electron chi connectivity index (χ4n) is 2.16. The van der Waals surface area contributed by atoms with Crippen molar-refractivity contribution in [3.05, 3.63) is 29.6 Å². The van der Waals surface area contributed by atoms with E-state index in [-0.39, 0.29) is 23.1 Å². The van der Waals surface area contributed by atoms with Gasteiger partial charge in [0.2, 0.25) is 5.91 Å². The highest BCUT2D eigenvalue weighted by Crippen LogP contribution is 2.38. The van der Waals surface area contributed by atoms with Gasteiger partial charge in [-0.3, -0.25) is 4.79 Å². The summed E-state index contributed by atoms with van der Waals surface area (Å²) in [4.78, 5) is 11.8. The summed E-state index contributed by atoms with van der Waals surface area (Å²) in [6, 6.07) is 4.49. The van der Waals surface area contributed by atoms with E-state index < -0.39 is 0 Å². The van der Waals surface area contributed by atoms with Crippen molar-refractivity contribution in [3.63, 3.8) is 0 Å². The summed E-state index contributed by atoms with van der Waals surface area (Å²) in [6.45, 7) is 6.44. The Hall–Kier alpha value is -1.38. The Morgan fingerprint density at radius 2 is 2.06 bits per heavy atom. The van der Waals surface area contributed by atoms with Gasteiger partial charge in [0.1, 0.15) is 5.82 Å². The first-order valence-corrected chi connectivity index (χ1v) is 5.97. The smallest absolute Gasteiger partial charge is 0.232 e. The molecule has 1 unspecified atom stereocenters. The minimum atomic E-state index is -0.277. The maximum Gasteiger partial charge on any atom is 0.232 e. The van der Waals surface area contributed by atoms with Crippen molar-refractivity contribution in [1.29, 1.82) is 0 Å². The van der Waals surface area contributed by atoms with E-state index >= 15 is 0 Å². The molecule has 0 spiro atoms. The molecule has 3 heteroatoms. The Labute approximate surface area is 101 Å². The fourth-order valence-corrected chi connectivity index (χ4v) is 2.16. The maximum atomic E-state index is 13.2. The van der Waals surface area contributed by atoms with Crippen LogP contribution in [0.15, 0.2) is 18.2 Å². The van der Waals surface area contributed by atoms with Crippen LogP contribution >= 0.6 is 0 Å². The molecule has 0 aromatic heterocycles. The maximum absolute atomic E-state index is 13.2. The summed E-state index contributed by atoms with van der Waals surface area (Å²) in [5.41, 5.74) is 1.76. The third-order valence-corrected chi connectivity index (χ3v) is 3.15. The molecule has 0 fully saturated rings. The largest absolute Gasteiger partial charge is 0.325 e. The van der Waals surface area contributed by atoms with Crippen molar-refractivity contribution in [2.45, 2.75) is 39.5 Å². The molecule has 1 atom stereocenters. The van der Waals surface area contributed by atoms with Crippen LogP contribution in [0.25, 0.3) is 0 Å². The van der Waals surface area contributed by atoms with Gasteiger partial charge < -0.3 is 5.32 Å². The van der Waals surface area contributed by atoms with Gasteiger partial charge in [-0.1, -0.05) is 20.8 Å². The first kappa shape index (κ1) is 12.1. The number of rotatable bonds is 2. The van der Waals surface area contributed by atoms with Gasteiger partial charge in [0, 0.05) is 5.69 Å². The Kier molecular flexibility index (Phi) is 2.94. The van der Waals surface area contributed by atoms with Gasteiger partial charge in [-0.2, -0.15) is 0 Å². The first-order valence-electron chi connectivity index (χ1n) is 5.97. The third kappa shape index (κ3) is 2.65. The van der Waals surface area contributed by atoms with Gasteiger partial charge in [-0.15, -0.1) is 0 Å². The second-order valence-corrected chi connectivity index (χ2v) is 5.87. The Morgan fingerprint density at radius 3 is 2.71 bits per heavy atom. The molecule has 1 N–H and O–H groups in total. The van der Waals surface area contributed by atoms with E-state index in [1.807, 2.05) is 0 Å². The zero-order valence-electron chi connectivity index (χ0n) is 10.5. The van der Waals surface area contributed by atoms with Gasteiger partial charge in [0.25, 0.3) is 0 Å². The van der Waals surface area contributed by atoms with Crippen LogP contribution in [0.5, 0.6) is 0 Å². The molecular weight excluding hydrogens is 217 g/mol. The van der Waals surface area contributed by atoms with Gasteiger partial charge >= 0.3 is 0 Å². The molecule has 0 bridgehead atoms. The average Bonchev–Trinajstić information content (AvgIpc) is 2.49. The zero-order valence-corrected chi connectivity index (χ0v) is 10.5. The normalized spacial score (nSPS) is 19.1. The zero-order chi connectivity index (χ0) is 12.6. The lowest BCUT2D eigenvalue weighted by molar-refractivity contribution is -0.117. The topological polar surface area (TPSA) is 29.1 Å². The molecule has 0 aliphatic carbocycles. The van der Waals surface area contributed by atoms with Crippen molar-refractivity contribution in [3.8, 4) is 0 Å². The highest BCUT2D eigenvalue weighted by Gasteiger charge is 2.31. The van der Waals surface area contributed by atoms with E-state index in [9.17, 15) is 9.18 Å². The lowest BCUT2D eigenvalue weighted by Gasteiger charge is -2.19. The second kappa shape index (κ2) is 4.13. The summed E-state index contributed by atoms with van der Waals surface area (Å²) in [5, 5.41) is 2.81. The van der Waals surface area contributed by atoms with E-state index in [0.29, 0.717) is 0 Å². The van der Waals surface area contributed by atoms with Crippen molar-refractivity contribution >= 4 is 11.6 Å². The van der Waals surface area contributed by atoms with Crippen molar-refractivity contribution in [1.82, 2.24) is 0 Å². The molecule has 1 amide bonds. The number of carbonyl (C=O) groups excluding carboxylic acids is 1. The molecule has 92 valence electrons. The van der Waals surface area contributed by atoms with Crippen LogP contribution in [0, 0.1) is 11.2 Å². The Morgan fingerprint density at radius 1 is 1.35 bits per heavy atom. The number of hydrogen-bond donors (Lipinski definition) is 1. The molecule has 0 saturated carbocycles. The molecule has 1 heterocycles. The lowest BCUT2D eigenvalue weighted by Crippen LogP contribution is -2.15. The number of amides is 1. The van der Waals surface area contributed by atoms with Gasteiger partial charge in [0.05, 0.1) is 5.92 Å². The van der Waals surface area contributed by atoms with Crippen LogP contribution in [0.2, 0.25) is 0 Å². The quantitative estimate of drug-likeness (QED) is 0.832. The highest BCUT2D eigenvalue weighted by atomic mass is 19.1. The lowest BCUT2D eigenvalue weighted by atomic mass is 9.85. The summed E-state index contributed by atoms with van der Waals surface area (Å²) in [6.07, 6.45) is 1.72. The highest BCUT2D eigenvalue weighted by molar-refractivity contribution is 6.02. The van der Waals surface area contributed by atoms with E-state index in [1.54, 1.807) is 6.07 Å². The van der Waals surface area contributed by atoms with Gasteiger partial charge in [0.15, 0.2) is 0 Å². The van der Waals surface area contributed by atoms with Crippen LogP contribution in [0.1, 0.15) is 45.1 Å². The second-order valence-electron chi connectivity index (χ2n) is 5.87. The standard InChI is InChI=1S/C14H18FNO/c1-14(2,3)7-6-10-11-8-9(15)4-5-12(11)16-13(10)17/h4-5,8,10H,6-7H2,1-3H3,(H,16,17). The van der Waals surface area contributed by atoms with E-state index in [4.69, 9.17) is 0 Å². The molecule has 1 aromatic carbocycles. The van der Waals surface area contributed by atoms with E-state index in [0.717, 1.165) is 24.1 Å². The van der Waals surface area contributed by atoms with Crippen molar-refractivity contribution in [2.75, 3.05) is 5.32 Å². The van der Waals surface area contributed by atoms with Crippen LogP contribution in [0.3, 0.4) is 0 Å². The van der Waals surface area contributed by atoms with Crippen LogP contribution in [-0.4, -0.2) is 5.91 Å². The Bertz CT molecular complexity index is 448. The number of carbonyl (C=O) groups is 1. The summed E-state index contributed by atoms with van der Waals surface area (Å²) in [5.74, 6) is -0.476. The molecule has 1 aliphatic heterocycles. The molecule has 2 rings (SSSR count). The molecule has 0 radical (unpaired) electrons. The van der Waals surface area contributed by atoms with Crippen LogP contribution in [-0.2, 0) is 4.79 Å². The van der Waals surface area contributed by atoms with E-state index in [2.05, 4.69) is 26.1 Å². The molecule has 1 aliphatic rings. The average molecular weight is 235 g/mol. The number of nitrogens with one attached hydrogen (secondary N) is 1. The van der Waals surface area contributed by atoms with Crippen molar-refractivity contribution in [2.24, 2.45) is 5.41 Å². The Balaban J connectivity index is 2.19. The predicted molar refractivity (Wildman–Crippen MR) is 66.5 cm³/mol. The fraction of sp³-hybridized carbons (Fsp3) is 0.500. The summed E-state index contributed by atoms with van der Waals surface area (Å²) >= 11 is 0. The van der Waals surface area contributed by atoms with Gasteiger partial charge in [-0.05, 0) is 42.0 Å². The molecule has 2 nitrogen and oxygen atoms in total. The van der Waals surface area contributed by atoms with Gasteiger partial charge in [-0.25, -0.2) is 4.39 Å². The van der Waals surface area contributed by atoms with E-state index in [1.165, 1.54) is 12.1 Å². The number of fused-ring (bicyclic) bond motifs is 1. The minimum Gasteiger partial charge on any atom is -0.325 e. The number of halogens is 1. The van der Waals surface area contributed by atoms with Crippen LogP contribution in [0.4, 0.5) is 10.1 Å². The SMILES string of the molecule is CC(C)(C)CCC1C(=O)Nc2ccc(F)cc21. The molecule has 17 heavy (non-hydrogen) atoms. The number of anilines is 1. The number of hydrogen-bond acceptors (Lipinski definition) is 1. The summed E-state index contributed by atoms with van der Waals surface area (Å²) in [7, 11) is 0. The monoisotopic (exact) mass is 235 g/mol. The van der Waals surface area contributed by atoms with Crippen molar-refractivity contribution < 1.29 is 9.18 Å². The molecule has 1 aromatic rings. The third-order valence-electron chi connectivity index (χ3n) is 3.15. The molecular formula is C14H18FNO.